The second-order valence-corrected chi connectivity index (χ2v) is 10.1. The third-order valence-electron chi connectivity index (χ3n) is 6.05. The number of rotatable bonds is 4. The number of piperazine rings is 1. The molecule has 1 aromatic heterocycles. The number of carbonyl (C=O) groups is 2. The Hall–Kier alpha value is -2.85. The third kappa shape index (κ3) is 4.32. The lowest BCUT2D eigenvalue weighted by molar-refractivity contribution is -0.123. The van der Waals surface area contributed by atoms with Gasteiger partial charge in [-0.1, -0.05) is 42.2 Å². The zero-order valence-electron chi connectivity index (χ0n) is 19.7. The van der Waals surface area contributed by atoms with Gasteiger partial charge in [-0.25, -0.2) is 4.79 Å². The third-order valence-corrected chi connectivity index (χ3v) is 7.38. The van der Waals surface area contributed by atoms with E-state index in [1.54, 1.807) is 34.4 Å². The van der Waals surface area contributed by atoms with Crippen molar-refractivity contribution in [2.24, 2.45) is 7.05 Å². The fraction of sp³-hybridized carbons (Fsp3) is 0.417. The summed E-state index contributed by atoms with van der Waals surface area (Å²) in [7, 11) is 1.74. The van der Waals surface area contributed by atoms with Crippen LogP contribution in [0.2, 0.25) is 0 Å². The molecule has 2 fully saturated rings. The summed E-state index contributed by atoms with van der Waals surface area (Å²) in [5, 5.41) is 0.916. The number of aromatic nitrogens is 1. The number of hydrogen-bond donors (Lipinski definition) is 0. The van der Waals surface area contributed by atoms with Gasteiger partial charge in [-0.05, 0) is 32.9 Å². The van der Waals surface area contributed by atoms with E-state index in [2.05, 4.69) is 4.90 Å². The topological polar surface area (TPSA) is 75.1 Å². The first kappa shape index (κ1) is 24.3. The first-order chi connectivity index (χ1) is 16.2. The Morgan fingerprint density at radius 3 is 2.47 bits per heavy atom. The van der Waals surface area contributed by atoms with Gasteiger partial charge in [0.2, 0.25) is 0 Å². The summed E-state index contributed by atoms with van der Waals surface area (Å²) in [6.07, 6.45) is 1.36. The highest BCUT2D eigenvalue weighted by atomic mass is 32.2. The highest BCUT2D eigenvalue weighted by molar-refractivity contribution is 8.26. The van der Waals surface area contributed by atoms with Crippen molar-refractivity contribution >= 4 is 63.0 Å². The molecule has 0 saturated carbocycles. The number of amides is 2. The minimum atomic E-state index is -0.325. The van der Waals surface area contributed by atoms with Crippen LogP contribution in [0.5, 0.6) is 0 Å². The fourth-order valence-corrected chi connectivity index (χ4v) is 5.86. The van der Waals surface area contributed by atoms with Gasteiger partial charge in [0.05, 0.1) is 28.3 Å². The first-order valence-electron chi connectivity index (χ1n) is 11.3. The van der Waals surface area contributed by atoms with E-state index in [0.717, 1.165) is 16.6 Å². The number of carbonyl (C=O) groups excluding carboxylic acids is 2. The van der Waals surface area contributed by atoms with Gasteiger partial charge in [0.1, 0.15) is 4.32 Å². The molecule has 2 saturated heterocycles. The van der Waals surface area contributed by atoms with Gasteiger partial charge in [-0.15, -0.1) is 0 Å². The second kappa shape index (κ2) is 9.79. The number of aryl methyl sites for hydroxylation is 1. The molecule has 8 nitrogen and oxygen atoms in total. The Morgan fingerprint density at radius 1 is 1.18 bits per heavy atom. The Balaban J connectivity index is 1.81. The lowest BCUT2D eigenvalue weighted by atomic mass is 10.1. The molecule has 2 aliphatic heterocycles. The van der Waals surface area contributed by atoms with Crippen molar-refractivity contribution in [3.05, 3.63) is 45.1 Å². The van der Waals surface area contributed by atoms with E-state index >= 15 is 0 Å². The first-order valence-corrected chi connectivity index (χ1v) is 12.5. The van der Waals surface area contributed by atoms with Gasteiger partial charge in [-0.2, -0.15) is 0 Å². The van der Waals surface area contributed by atoms with Crippen LogP contribution in [0.3, 0.4) is 0 Å². The van der Waals surface area contributed by atoms with Crippen LogP contribution in [0.4, 0.5) is 10.5 Å². The van der Waals surface area contributed by atoms with Crippen molar-refractivity contribution in [2.45, 2.75) is 26.8 Å². The van der Waals surface area contributed by atoms with Crippen LogP contribution in [0, 0.1) is 0 Å². The van der Waals surface area contributed by atoms with Crippen molar-refractivity contribution in [1.29, 1.82) is 0 Å². The summed E-state index contributed by atoms with van der Waals surface area (Å²) in [5.41, 5.74) is 1.85. The Bertz CT molecular complexity index is 1250. The summed E-state index contributed by atoms with van der Waals surface area (Å²) in [5.74, 6) is -0.182. The predicted molar refractivity (Wildman–Crippen MR) is 140 cm³/mol. The number of benzene rings is 1. The van der Waals surface area contributed by atoms with E-state index in [1.807, 2.05) is 38.1 Å². The zero-order valence-corrected chi connectivity index (χ0v) is 21.4. The maximum absolute atomic E-state index is 13.5. The molecule has 0 aliphatic carbocycles. The quantitative estimate of drug-likeness (QED) is 0.470. The minimum Gasteiger partial charge on any atom is -0.450 e. The monoisotopic (exact) mass is 500 g/mol. The van der Waals surface area contributed by atoms with E-state index < -0.39 is 0 Å². The van der Waals surface area contributed by atoms with Gasteiger partial charge in [0.25, 0.3) is 11.5 Å². The number of para-hydroxylation sites is 1. The number of thioether (sulfide) groups is 1. The number of ether oxygens (including phenoxy) is 1. The summed E-state index contributed by atoms with van der Waals surface area (Å²) in [4.78, 5) is 44.6. The van der Waals surface area contributed by atoms with E-state index in [1.165, 1.54) is 11.8 Å². The van der Waals surface area contributed by atoms with Gasteiger partial charge in [0.15, 0.2) is 0 Å². The second-order valence-electron chi connectivity index (χ2n) is 8.46. The van der Waals surface area contributed by atoms with Gasteiger partial charge < -0.3 is 19.1 Å². The van der Waals surface area contributed by atoms with Gasteiger partial charge in [0, 0.05) is 44.7 Å². The van der Waals surface area contributed by atoms with Crippen LogP contribution in [-0.2, 0) is 16.6 Å². The molecule has 0 N–H and O–H groups in total. The number of thiocarbonyl (C=S) groups is 1. The normalized spacial score (nSPS) is 18.0. The van der Waals surface area contributed by atoms with Gasteiger partial charge in [-0.3, -0.25) is 14.5 Å². The highest BCUT2D eigenvalue weighted by Gasteiger charge is 2.35. The standard InChI is InChI=1S/C24H28N4O4S2/c1-5-32-23(31)27-12-10-26(11-13-27)20-16-8-6-7-9-18(16)25(4)21(29)17(20)14-19-22(30)28(15(2)3)24(33)34-19/h6-9,14-15H,5,10-13H2,1-4H3. The van der Waals surface area contributed by atoms with E-state index in [9.17, 15) is 14.4 Å². The molecule has 2 amide bonds. The maximum atomic E-state index is 13.5. The van der Waals surface area contributed by atoms with Crippen LogP contribution in [0.15, 0.2) is 34.0 Å². The number of pyridine rings is 1. The van der Waals surface area contributed by atoms with Crippen LogP contribution in [-0.4, -0.2) is 69.5 Å². The molecule has 3 heterocycles. The largest absolute Gasteiger partial charge is 0.450 e. The lowest BCUT2D eigenvalue weighted by Crippen LogP contribution is -2.49. The molecule has 34 heavy (non-hydrogen) atoms. The smallest absolute Gasteiger partial charge is 0.409 e. The Morgan fingerprint density at radius 2 is 1.85 bits per heavy atom. The molecule has 1 aromatic carbocycles. The molecule has 0 bridgehead atoms. The SMILES string of the molecule is CCOC(=O)N1CCN(c2c(C=C3SC(=S)N(C(C)C)C3=O)c(=O)n(C)c3ccccc23)CC1. The molecule has 0 atom stereocenters. The average molecular weight is 501 g/mol. The van der Waals surface area contributed by atoms with Crippen LogP contribution in [0.1, 0.15) is 26.3 Å². The molecule has 10 heteroatoms. The van der Waals surface area contributed by atoms with E-state index in [-0.39, 0.29) is 23.6 Å². The maximum Gasteiger partial charge on any atom is 0.409 e. The predicted octanol–water partition coefficient (Wildman–Crippen LogP) is 3.43. The highest BCUT2D eigenvalue weighted by Crippen LogP contribution is 2.37. The summed E-state index contributed by atoms with van der Waals surface area (Å²) >= 11 is 6.65. The fourth-order valence-electron chi connectivity index (χ4n) is 4.36. The zero-order chi connectivity index (χ0) is 24.6. The van der Waals surface area contributed by atoms with E-state index in [4.69, 9.17) is 17.0 Å². The summed E-state index contributed by atoms with van der Waals surface area (Å²) in [6, 6.07) is 7.67. The average Bonchev–Trinajstić information content (AvgIpc) is 3.10. The van der Waals surface area contributed by atoms with Crippen molar-refractivity contribution in [1.82, 2.24) is 14.4 Å². The molecule has 0 unspecified atom stereocenters. The Kier molecular flexibility index (Phi) is 6.99. The van der Waals surface area contributed by atoms with E-state index in [0.29, 0.717) is 47.6 Å². The lowest BCUT2D eigenvalue weighted by Gasteiger charge is -2.36. The van der Waals surface area contributed by atoms with Gasteiger partial charge >= 0.3 is 6.09 Å². The van der Waals surface area contributed by atoms with Crippen LogP contribution in [0.25, 0.3) is 17.0 Å². The molecular weight excluding hydrogens is 472 g/mol. The molecule has 4 rings (SSSR count). The number of anilines is 1. The molecule has 2 aliphatic rings. The van der Waals surface area contributed by atoms with Crippen molar-refractivity contribution in [3.63, 3.8) is 0 Å². The number of hydrogen-bond acceptors (Lipinski definition) is 7. The molecule has 180 valence electrons. The summed E-state index contributed by atoms with van der Waals surface area (Å²) in [6.45, 7) is 8.00. The van der Waals surface area contributed by atoms with Crippen molar-refractivity contribution in [3.8, 4) is 0 Å². The number of nitrogens with zero attached hydrogens (tertiary/aromatic N) is 4. The molecular formula is C24H28N4O4S2. The van der Waals surface area contributed by atoms with Crippen LogP contribution >= 0.6 is 24.0 Å². The van der Waals surface area contributed by atoms with Crippen molar-refractivity contribution < 1.29 is 14.3 Å². The number of fused-ring (bicyclic) bond motifs is 1. The molecule has 0 spiro atoms. The Labute approximate surface area is 208 Å². The summed E-state index contributed by atoms with van der Waals surface area (Å²) < 4.78 is 7.25. The minimum absolute atomic E-state index is 0.0618. The molecule has 0 radical (unpaired) electrons. The van der Waals surface area contributed by atoms with Crippen LogP contribution < -0.4 is 10.5 Å². The van der Waals surface area contributed by atoms with Crippen molar-refractivity contribution in [2.75, 3.05) is 37.7 Å². The molecule has 2 aromatic rings.